The lowest BCUT2D eigenvalue weighted by Gasteiger charge is -2.40. The zero-order valence-electron chi connectivity index (χ0n) is 18.2. The molecule has 1 aliphatic heterocycles. The monoisotopic (exact) mass is 444 g/mol. The highest BCUT2D eigenvalue weighted by Crippen LogP contribution is 2.34. The number of ether oxygens (including phenoxy) is 1. The molecule has 0 spiro atoms. The maximum absolute atomic E-state index is 13.3. The van der Waals surface area contributed by atoms with Crippen molar-refractivity contribution >= 4 is 23.6 Å². The molecule has 0 radical (unpaired) electrons. The van der Waals surface area contributed by atoms with Gasteiger partial charge in [0.05, 0.1) is 11.8 Å². The van der Waals surface area contributed by atoms with Crippen molar-refractivity contribution in [3.63, 3.8) is 0 Å². The van der Waals surface area contributed by atoms with Gasteiger partial charge in [-0.25, -0.2) is 10.3 Å². The second-order valence-corrected chi connectivity index (χ2v) is 8.95. The predicted octanol–water partition coefficient (Wildman–Crippen LogP) is 1.90. The second-order valence-electron chi connectivity index (χ2n) is 8.95. The summed E-state index contributed by atoms with van der Waals surface area (Å²) in [6.07, 6.45) is 3.31. The number of carbonyl (C=O) groups excluding carboxylic acids is 3. The lowest BCUT2D eigenvalue weighted by Crippen LogP contribution is -2.53. The van der Waals surface area contributed by atoms with Gasteiger partial charge in [-0.3, -0.25) is 14.8 Å². The van der Waals surface area contributed by atoms with Crippen molar-refractivity contribution in [3.8, 4) is 0 Å². The van der Waals surface area contributed by atoms with Crippen LogP contribution >= 0.6 is 0 Å². The van der Waals surface area contributed by atoms with Crippen molar-refractivity contribution in [2.24, 2.45) is 11.8 Å². The second kappa shape index (κ2) is 10.2. The number of nitrogens with one attached hydrogen (secondary N) is 2. The van der Waals surface area contributed by atoms with Gasteiger partial charge < -0.3 is 19.9 Å². The molecule has 0 aromatic heterocycles. The number of alkyl carbamates (subject to hydrolysis) is 1. The largest absolute Gasteiger partial charge is 0.446 e. The Morgan fingerprint density at radius 3 is 2.28 bits per heavy atom. The highest BCUT2D eigenvalue weighted by Gasteiger charge is 2.42. The Morgan fingerprint density at radius 2 is 1.66 bits per heavy atom. The number of carbonyl (C=O) groups is 3. The van der Waals surface area contributed by atoms with Crippen LogP contribution in [0.2, 0.25) is 0 Å². The fraction of sp³-hybridized carbons (Fsp3) is 0.609. The van der Waals surface area contributed by atoms with Crippen molar-refractivity contribution in [2.75, 3.05) is 31.1 Å². The molecule has 1 saturated heterocycles. The number of amides is 3. The van der Waals surface area contributed by atoms with Crippen molar-refractivity contribution in [1.82, 2.24) is 15.7 Å². The molecule has 1 aromatic rings. The van der Waals surface area contributed by atoms with Crippen LogP contribution in [-0.2, 0) is 14.3 Å². The molecule has 32 heavy (non-hydrogen) atoms. The maximum Gasteiger partial charge on any atom is 0.407 e. The molecule has 9 heteroatoms. The van der Waals surface area contributed by atoms with Gasteiger partial charge in [-0.05, 0) is 50.7 Å². The molecule has 1 heterocycles. The molecule has 3 fully saturated rings. The highest BCUT2D eigenvalue weighted by molar-refractivity contribution is 5.87. The minimum Gasteiger partial charge on any atom is -0.446 e. The first kappa shape index (κ1) is 22.4. The van der Waals surface area contributed by atoms with Crippen LogP contribution in [0.1, 0.15) is 38.5 Å². The molecule has 2 aliphatic carbocycles. The van der Waals surface area contributed by atoms with Crippen molar-refractivity contribution in [3.05, 3.63) is 30.3 Å². The normalized spacial score (nSPS) is 26.1. The van der Waals surface area contributed by atoms with E-state index in [2.05, 4.69) is 22.3 Å². The Balaban J connectivity index is 1.33. The maximum atomic E-state index is 13.3. The minimum absolute atomic E-state index is 0.0660. The number of hydrogen-bond donors (Lipinski definition) is 3. The summed E-state index contributed by atoms with van der Waals surface area (Å²) in [5.41, 5.74) is 2.84. The van der Waals surface area contributed by atoms with Crippen LogP contribution in [0.15, 0.2) is 30.3 Å². The quantitative estimate of drug-likeness (QED) is 0.473. The number of benzene rings is 1. The van der Waals surface area contributed by atoms with Gasteiger partial charge in [0.1, 0.15) is 6.10 Å². The zero-order valence-corrected chi connectivity index (χ0v) is 18.2. The number of anilines is 1. The SMILES string of the molecule is O=C(NC1CCC1)OC1CCC(C(=O)N2CCN(c3ccccc3)CC2)C(C(=O)NO)C1. The highest BCUT2D eigenvalue weighted by atomic mass is 16.6. The van der Waals surface area contributed by atoms with Crippen LogP contribution in [0.3, 0.4) is 0 Å². The van der Waals surface area contributed by atoms with Gasteiger partial charge in [0, 0.05) is 37.9 Å². The minimum atomic E-state index is -0.727. The molecule has 4 rings (SSSR count). The van der Waals surface area contributed by atoms with Gasteiger partial charge in [-0.2, -0.15) is 0 Å². The van der Waals surface area contributed by atoms with E-state index in [1.165, 1.54) is 0 Å². The summed E-state index contributed by atoms with van der Waals surface area (Å²) in [7, 11) is 0. The molecule has 3 amide bonds. The standard InChI is InChI=1S/C23H32N4O5/c28-21(25-31)20-15-18(32-23(30)24-16-5-4-6-16)9-10-19(20)22(29)27-13-11-26(12-14-27)17-7-2-1-3-8-17/h1-3,7-8,16,18-20,31H,4-6,9-15H2,(H,24,30)(H,25,28). The van der Waals surface area contributed by atoms with E-state index in [1.54, 1.807) is 5.48 Å². The smallest absolute Gasteiger partial charge is 0.407 e. The first-order chi connectivity index (χ1) is 15.5. The Kier molecular flexibility index (Phi) is 7.14. The molecular formula is C23H32N4O5. The lowest BCUT2D eigenvalue weighted by molar-refractivity contribution is -0.149. The third-order valence-electron chi connectivity index (χ3n) is 6.98. The van der Waals surface area contributed by atoms with Gasteiger partial charge in [0.15, 0.2) is 0 Å². The predicted molar refractivity (Wildman–Crippen MR) is 117 cm³/mol. The van der Waals surface area contributed by atoms with E-state index < -0.39 is 29.9 Å². The Hall–Kier alpha value is -2.81. The number of rotatable bonds is 5. The van der Waals surface area contributed by atoms with Crippen LogP contribution in [0.4, 0.5) is 10.5 Å². The van der Waals surface area contributed by atoms with E-state index in [0.29, 0.717) is 25.9 Å². The molecule has 3 unspecified atom stereocenters. The molecule has 0 bridgehead atoms. The Labute approximate surface area is 188 Å². The molecule has 174 valence electrons. The van der Waals surface area contributed by atoms with Crippen LogP contribution in [-0.4, -0.2) is 66.3 Å². The van der Waals surface area contributed by atoms with Crippen LogP contribution in [0.5, 0.6) is 0 Å². The molecule has 9 nitrogen and oxygen atoms in total. The Morgan fingerprint density at radius 1 is 0.938 bits per heavy atom. The summed E-state index contributed by atoms with van der Waals surface area (Å²) in [6.45, 7) is 2.63. The molecular weight excluding hydrogens is 412 g/mol. The van der Waals surface area contributed by atoms with E-state index in [0.717, 1.165) is 38.0 Å². The van der Waals surface area contributed by atoms with Crippen LogP contribution < -0.4 is 15.7 Å². The molecule has 2 saturated carbocycles. The summed E-state index contributed by atoms with van der Waals surface area (Å²) < 4.78 is 5.52. The number of hydrogen-bond acceptors (Lipinski definition) is 6. The molecule has 3 atom stereocenters. The van der Waals surface area contributed by atoms with Crippen molar-refractivity contribution in [2.45, 2.75) is 50.7 Å². The van der Waals surface area contributed by atoms with Crippen LogP contribution in [0.25, 0.3) is 0 Å². The van der Waals surface area contributed by atoms with E-state index in [1.807, 2.05) is 23.1 Å². The molecule has 3 aliphatic rings. The average molecular weight is 445 g/mol. The lowest BCUT2D eigenvalue weighted by atomic mass is 9.76. The fourth-order valence-electron chi connectivity index (χ4n) is 4.87. The number of hydroxylamine groups is 1. The van der Waals surface area contributed by atoms with E-state index in [-0.39, 0.29) is 18.4 Å². The zero-order chi connectivity index (χ0) is 22.5. The summed E-state index contributed by atoms with van der Waals surface area (Å²) in [6, 6.07) is 10.3. The number of piperazine rings is 1. The summed E-state index contributed by atoms with van der Waals surface area (Å²) in [5.74, 6) is -1.92. The first-order valence-corrected chi connectivity index (χ1v) is 11.5. The Bertz CT molecular complexity index is 808. The third-order valence-corrected chi connectivity index (χ3v) is 6.98. The third kappa shape index (κ3) is 5.15. The van der Waals surface area contributed by atoms with E-state index in [9.17, 15) is 19.6 Å². The number of para-hydroxylation sites is 1. The number of nitrogens with zero attached hydrogens (tertiary/aromatic N) is 2. The van der Waals surface area contributed by atoms with Crippen molar-refractivity contribution < 1.29 is 24.3 Å². The molecule has 1 aromatic carbocycles. The topological polar surface area (TPSA) is 111 Å². The molecule has 3 N–H and O–H groups in total. The summed E-state index contributed by atoms with van der Waals surface area (Å²) >= 11 is 0. The fourth-order valence-corrected chi connectivity index (χ4v) is 4.87. The van der Waals surface area contributed by atoms with Gasteiger partial charge in [0.2, 0.25) is 11.8 Å². The van der Waals surface area contributed by atoms with Gasteiger partial charge in [-0.1, -0.05) is 18.2 Å². The van der Waals surface area contributed by atoms with Gasteiger partial charge in [-0.15, -0.1) is 0 Å². The van der Waals surface area contributed by atoms with E-state index >= 15 is 0 Å². The summed E-state index contributed by atoms with van der Waals surface area (Å²) in [5, 5.41) is 12.1. The summed E-state index contributed by atoms with van der Waals surface area (Å²) in [4.78, 5) is 41.8. The van der Waals surface area contributed by atoms with Gasteiger partial charge in [0.25, 0.3) is 0 Å². The first-order valence-electron chi connectivity index (χ1n) is 11.5. The van der Waals surface area contributed by atoms with E-state index in [4.69, 9.17) is 4.74 Å². The van der Waals surface area contributed by atoms with Crippen molar-refractivity contribution in [1.29, 1.82) is 0 Å². The van der Waals surface area contributed by atoms with Gasteiger partial charge >= 0.3 is 6.09 Å². The average Bonchev–Trinajstić information content (AvgIpc) is 2.81. The van der Waals surface area contributed by atoms with Crippen LogP contribution in [0, 0.1) is 11.8 Å².